The molecule has 1 aliphatic heterocycles. The SMILES string of the molecule is CCCCCCCOc1ccc(N2CC(c3ccc(CCCCCC)cc3)OC2=O)cc1. The van der Waals surface area contributed by atoms with Crippen LogP contribution in [0.3, 0.4) is 0 Å². The fraction of sp³-hybridized carbons (Fsp3) is 0.536. The average molecular weight is 438 g/mol. The van der Waals surface area contributed by atoms with Crippen LogP contribution in [-0.4, -0.2) is 19.2 Å². The van der Waals surface area contributed by atoms with Gasteiger partial charge in [0.2, 0.25) is 0 Å². The Kier molecular flexibility index (Phi) is 9.93. The molecule has 174 valence electrons. The number of cyclic esters (lactones) is 1. The van der Waals surface area contributed by atoms with Crippen molar-refractivity contribution in [2.45, 2.75) is 84.2 Å². The molecule has 0 saturated carbocycles. The van der Waals surface area contributed by atoms with Crippen LogP contribution in [0.2, 0.25) is 0 Å². The first kappa shape index (κ1) is 24.2. The van der Waals surface area contributed by atoms with E-state index in [1.165, 1.54) is 56.9 Å². The highest BCUT2D eigenvalue weighted by atomic mass is 16.6. The quantitative estimate of drug-likeness (QED) is 0.282. The van der Waals surface area contributed by atoms with Gasteiger partial charge in [0.1, 0.15) is 11.9 Å². The Labute approximate surface area is 193 Å². The molecule has 0 spiro atoms. The fourth-order valence-corrected chi connectivity index (χ4v) is 4.12. The maximum Gasteiger partial charge on any atom is 0.415 e. The minimum Gasteiger partial charge on any atom is -0.494 e. The second kappa shape index (κ2) is 13.1. The lowest BCUT2D eigenvalue weighted by Crippen LogP contribution is -2.23. The third-order valence-electron chi connectivity index (χ3n) is 6.15. The zero-order valence-electron chi connectivity index (χ0n) is 19.9. The molecule has 32 heavy (non-hydrogen) atoms. The smallest absolute Gasteiger partial charge is 0.415 e. The van der Waals surface area contributed by atoms with E-state index in [1.807, 2.05) is 24.3 Å². The number of hydrogen-bond acceptors (Lipinski definition) is 3. The molecule has 1 aliphatic rings. The third-order valence-corrected chi connectivity index (χ3v) is 6.15. The van der Waals surface area contributed by atoms with Gasteiger partial charge in [0.05, 0.1) is 13.2 Å². The Balaban J connectivity index is 1.47. The maximum absolute atomic E-state index is 12.5. The molecular weight excluding hydrogens is 398 g/mol. The first-order chi connectivity index (χ1) is 15.7. The number of amides is 1. The minimum atomic E-state index is -0.289. The van der Waals surface area contributed by atoms with Gasteiger partial charge in [-0.1, -0.05) is 83.1 Å². The van der Waals surface area contributed by atoms with Crippen molar-refractivity contribution in [2.75, 3.05) is 18.1 Å². The van der Waals surface area contributed by atoms with Crippen molar-refractivity contribution in [1.29, 1.82) is 0 Å². The summed E-state index contributed by atoms with van der Waals surface area (Å²) in [6, 6.07) is 16.3. The Morgan fingerprint density at radius 2 is 1.50 bits per heavy atom. The predicted octanol–water partition coefficient (Wildman–Crippen LogP) is 7.86. The lowest BCUT2D eigenvalue weighted by molar-refractivity contribution is 0.142. The topological polar surface area (TPSA) is 38.8 Å². The molecule has 1 amide bonds. The van der Waals surface area contributed by atoms with Crippen molar-refractivity contribution < 1.29 is 14.3 Å². The Morgan fingerprint density at radius 3 is 2.19 bits per heavy atom. The van der Waals surface area contributed by atoms with Crippen molar-refractivity contribution >= 4 is 11.8 Å². The highest BCUT2D eigenvalue weighted by Gasteiger charge is 2.33. The van der Waals surface area contributed by atoms with Gasteiger partial charge in [-0.3, -0.25) is 4.90 Å². The van der Waals surface area contributed by atoms with E-state index < -0.39 is 0 Å². The first-order valence-corrected chi connectivity index (χ1v) is 12.5. The molecule has 1 fully saturated rings. The van der Waals surface area contributed by atoms with Crippen molar-refractivity contribution in [3.8, 4) is 5.75 Å². The van der Waals surface area contributed by atoms with Crippen LogP contribution in [0.4, 0.5) is 10.5 Å². The predicted molar refractivity (Wildman–Crippen MR) is 132 cm³/mol. The number of benzene rings is 2. The van der Waals surface area contributed by atoms with Gasteiger partial charge in [0.15, 0.2) is 0 Å². The van der Waals surface area contributed by atoms with Crippen molar-refractivity contribution in [3.05, 3.63) is 59.7 Å². The molecule has 1 heterocycles. The monoisotopic (exact) mass is 437 g/mol. The molecule has 1 saturated heterocycles. The number of aryl methyl sites for hydroxylation is 1. The molecular formula is C28H39NO3. The summed E-state index contributed by atoms with van der Waals surface area (Å²) in [5.74, 6) is 0.850. The summed E-state index contributed by atoms with van der Waals surface area (Å²) in [4.78, 5) is 14.2. The van der Waals surface area contributed by atoms with E-state index in [0.717, 1.165) is 36.4 Å². The highest BCUT2D eigenvalue weighted by molar-refractivity contribution is 5.89. The van der Waals surface area contributed by atoms with E-state index in [0.29, 0.717) is 6.54 Å². The largest absolute Gasteiger partial charge is 0.494 e. The van der Waals surface area contributed by atoms with Crippen LogP contribution in [0.1, 0.15) is 88.9 Å². The second-order valence-corrected chi connectivity index (χ2v) is 8.79. The van der Waals surface area contributed by atoms with Gasteiger partial charge in [-0.05, 0) is 54.7 Å². The number of anilines is 1. The highest BCUT2D eigenvalue weighted by Crippen LogP contribution is 2.31. The Morgan fingerprint density at radius 1 is 0.844 bits per heavy atom. The molecule has 3 rings (SSSR count). The first-order valence-electron chi connectivity index (χ1n) is 12.5. The van der Waals surface area contributed by atoms with E-state index in [9.17, 15) is 4.79 Å². The van der Waals surface area contributed by atoms with Crippen LogP contribution in [0.15, 0.2) is 48.5 Å². The molecule has 0 aromatic heterocycles. The Bertz CT molecular complexity index is 800. The van der Waals surface area contributed by atoms with Crippen LogP contribution in [0.5, 0.6) is 5.75 Å². The molecule has 2 aromatic carbocycles. The van der Waals surface area contributed by atoms with Crippen LogP contribution in [0.25, 0.3) is 0 Å². The summed E-state index contributed by atoms with van der Waals surface area (Å²) in [6.45, 7) is 5.74. The van der Waals surface area contributed by atoms with Gasteiger partial charge >= 0.3 is 6.09 Å². The van der Waals surface area contributed by atoms with Crippen LogP contribution in [-0.2, 0) is 11.2 Å². The molecule has 4 nitrogen and oxygen atoms in total. The standard InChI is InChI=1S/C28H39NO3/c1-3-5-7-9-11-21-31-26-19-17-25(18-20-26)29-22-27(32-28(29)30)24-15-13-23(14-16-24)12-10-8-6-4-2/h13-20,27H,3-12,21-22H2,1-2H3. The average Bonchev–Trinajstić information content (AvgIpc) is 3.21. The van der Waals surface area contributed by atoms with Gasteiger partial charge in [0, 0.05) is 5.69 Å². The third kappa shape index (κ3) is 7.29. The van der Waals surface area contributed by atoms with Gasteiger partial charge in [0.25, 0.3) is 0 Å². The van der Waals surface area contributed by atoms with Crippen LogP contribution in [0, 0.1) is 0 Å². The van der Waals surface area contributed by atoms with E-state index >= 15 is 0 Å². The second-order valence-electron chi connectivity index (χ2n) is 8.79. The van der Waals surface area contributed by atoms with Gasteiger partial charge in [-0.2, -0.15) is 0 Å². The van der Waals surface area contributed by atoms with Gasteiger partial charge in [-0.25, -0.2) is 4.79 Å². The normalized spacial score (nSPS) is 15.8. The maximum atomic E-state index is 12.5. The van der Waals surface area contributed by atoms with Gasteiger partial charge in [-0.15, -0.1) is 0 Å². The van der Waals surface area contributed by atoms with Gasteiger partial charge < -0.3 is 9.47 Å². The van der Waals surface area contributed by atoms with Crippen molar-refractivity contribution in [2.24, 2.45) is 0 Å². The lowest BCUT2D eigenvalue weighted by atomic mass is 10.0. The molecule has 1 unspecified atom stereocenters. The fourth-order valence-electron chi connectivity index (χ4n) is 4.12. The zero-order chi connectivity index (χ0) is 22.6. The van der Waals surface area contributed by atoms with E-state index in [4.69, 9.17) is 9.47 Å². The number of nitrogens with zero attached hydrogens (tertiary/aromatic N) is 1. The number of rotatable bonds is 14. The number of hydrogen-bond donors (Lipinski definition) is 0. The number of unbranched alkanes of at least 4 members (excludes halogenated alkanes) is 7. The molecule has 0 radical (unpaired) electrons. The summed E-state index contributed by atoms with van der Waals surface area (Å²) >= 11 is 0. The summed E-state index contributed by atoms with van der Waals surface area (Å²) in [6.07, 6.45) is 11.8. The zero-order valence-corrected chi connectivity index (χ0v) is 19.9. The van der Waals surface area contributed by atoms with E-state index in [2.05, 4.69) is 38.1 Å². The summed E-state index contributed by atoms with van der Waals surface area (Å²) in [5, 5.41) is 0. The summed E-state index contributed by atoms with van der Waals surface area (Å²) < 4.78 is 11.5. The van der Waals surface area contributed by atoms with Crippen molar-refractivity contribution in [1.82, 2.24) is 0 Å². The lowest BCUT2D eigenvalue weighted by Gasteiger charge is -2.14. The number of carbonyl (C=O) groups is 1. The minimum absolute atomic E-state index is 0.226. The molecule has 0 N–H and O–H groups in total. The van der Waals surface area contributed by atoms with Crippen LogP contribution < -0.4 is 9.64 Å². The summed E-state index contributed by atoms with van der Waals surface area (Å²) in [7, 11) is 0. The Hall–Kier alpha value is -2.49. The molecule has 0 aliphatic carbocycles. The van der Waals surface area contributed by atoms with E-state index in [1.54, 1.807) is 4.90 Å². The molecule has 0 bridgehead atoms. The van der Waals surface area contributed by atoms with Crippen molar-refractivity contribution in [3.63, 3.8) is 0 Å². The molecule has 1 atom stereocenters. The van der Waals surface area contributed by atoms with Crippen LogP contribution >= 0.6 is 0 Å². The number of carbonyl (C=O) groups excluding carboxylic acids is 1. The van der Waals surface area contributed by atoms with E-state index in [-0.39, 0.29) is 12.2 Å². The molecule has 4 heteroatoms. The number of ether oxygens (including phenoxy) is 2. The molecule has 2 aromatic rings. The summed E-state index contributed by atoms with van der Waals surface area (Å²) in [5.41, 5.74) is 3.26.